The van der Waals surface area contributed by atoms with E-state index in [2.05, 4.69) is 15.9 Å². The molecule has 0 unspecified atom stereocenters. The highest BCUT2D eigenvalue weighted by Crippen LogP contribution is 2.35. The lowest BCUT2D eigenvalue weighted by atomic mass is 10.0. The summed E-state index contributed by atoms with van der Waals surface area (Å²) >= 11 is 2.96. The van der Waals surface area contributed by atoms with Crippen molar-refractivity contribution in [3.8, 4) is 6.07 Å². The normalized spacial score (nSPS) is 11.2. The first-order chi connectivity index (χ1) is 6.90. The van der Waals surface area contributed by atoms with Crippen LogP contribution in [0.3, 0.4) is 0 Å². The van der Waals surface area contributed by atoms with E-state index in [-0.39, 0.29) is 22.1 Å². The molecule has 0 aliphatic carbocycles. The Balaban J connectivity index is 3.48. The van der Waals surface area contributed by atoms with Crippen LogP contribution in [0.15, 0.2) is 16.6 Å². The number of benzene rings is 1. The molecular weight excluding hydrogens is 273 g/mol. The van der Waals surface area contributed by atoms with Gasteiger partial charge in [-0.1, -0.05) is 15.9 Å². The van der Waals surface area contributed by atoms with Crippen LogP contribution in [0, 0.1) is 11.3 Å². The first kappa shape index (κ1) is 12.0. The second-order valence-electron chi connectivity index (χ2n) is 2.80. The number of nitrogens with zero attached hydrogens (tertiary/aromatic N) is 1. The summed E-state index contributed by atoms with van der Waals surface area (Å²) in [4.78, 5) is 0. The molecule has 2 nitrogen and oxygen atoms in total. The minimum absolute atomic E-state index is 0.0403. The molecule has 0 saturated heterocycles. The molecule has 0 amide bonds. The summed E-state index contributed by atoms with van der Waals surface area (Å²) in [7, 11) is 0. The van der Waals surface area contributed by atoms with Gasteiger partial charge in [-0.05, 0) is 17.7 Å². The van der Waals surface area contributed by atoms with E-state index in [1.54, 1.807) is 6.07 Å². The lowest BCUT2D eigenvalue weighted by molar-refractivity contribution is -0.138. The minimum atomic E-state index is -4.50. The Morgan fingerprint density at radius 2 is 2.00 bits per heavy atom. The summed E-state index contributed by atoms with van der Waals surface area (Å²) in [6, 6.07) is 3.78. The van der Waals surface area contributed by atoms with Crippen molar-refractivity contribution in [2.24, 2.45) is 5.73 Å². The molecule has 0 aliphatic rings. The van der Waals surface area contributed by atoms with E-state index in [9.17, 15) is 13.2 Å². The van der Waals surface area contributed by atoms with Crippen LogP contribution < -0.4 is 5.73 Å². The molecule has 0 aliphatic heterocycles. The molecule has 0 aromatic heterocycles. The fourth-order valence-corrected chi connectivity index (χ4v) is 1.78. The molecule has 0 saturated carbocycles. The summed E-state index contributed by atoms with van der Waals surface area (Å²) in [5.41, 5.74) is 4.27. The first-order valence-corrected chi connectivity index (χ1v) is 4.69. The number of hydrogen-bond acceptors (Lipinski definition) is 2. The van der Waals surface area contributed by atoms with Gasteiger partial charge in [0, 0.05) is 11.0 Å². The predicted molar refractivity (Wildman–Crippen MR) is 51.8 cm³/mol. The van der Waals surface area contributed by atoms with Gasteiger partial charge in [0.05, 0.1) is 17.2 Å². The van der Waals surface area contributed by atoms with Gasteiger partial charge >= 0.3 is 6.18 Å². The van der Waals surface area contributed by atoms with Crippen LogP contribution in [-0.2, 0) is 12.7 Å². The van der Waals surface area contributed by atoms with Gasteiger partial charge in [-0.25, -0.2) is 0 Å². The van der Waals surface area contributed by atoms with Crippen molar-refractivity contribution >= 4 is 15.9 Å². The monoisotopic (exact) mass is 278 g/mol. The summed E-state index contributed by atoms with van der Waals surface area (Å²) in [6.07, 6.45) is -4.50. The van der Waals surface area contributed by atoms with Gasteiger partial charge in [0.1, 0.15) is 0 Å². The molecule has 1 rings (SSSR count). The fourth-order valence-electron chi connectivity index (χ4n) is 1.16. The zero-order valence-electron chi connectivity index (χ0n) is 7.40. The van der Waals surface area contributed by atoms with E-state index in [0.717, 1.165) is 6.07 Å². The van der Waals surface area contributed by atoms with Gasteiger partial charge < -0.3 is 5.73 Å². The largest absolute Gasteiger partial charge is 0.416 e. The third-order valence-electron chi connectivity index (χ3n) is 1.83. The smallest absolute Gasteiger partial charge is 0.326 e. The van der Waals surface area contributed by atoms with Crippen molar-refractivity contribution in [2.45, 2.75) is 12.7 Å². The first-order valence-electron chi connectivity index (χ1n) is 3.90. The van der Waals surface area contributed by atoms with Crippen LogP contribution >= 0.6 is 15.9 Å². The zero-order chi connectivity index (χ0) is 11.6. The molecule has 0 bridgehead atoms. The Bertz CT molecular complexity index is 421. The van der Waals surface area contributed by atoms with E-state index < -0.39 is 11.7 Å². The molecule has 0 spiro atoms. The van der Waals surface area contributed by atoms with E-state index >= 15 is 0 Å². The molecule has 0 heterocycles. The number of nitriles is 1. The maximum Gasteiger partial charge on any atom is 0.416 e. The summed E-state index contributed by atoms with van der Waals surface area (Å²) in [5.74, 6) is 0. The Hall–Kier alpha value is -1.06. The predicted octanol–water partition coefficient (Wildman–Crippen LogP) is 2.80. The van der Waals surface area contributed by atoms with Crippen LogP contribution in [0.25, 0.3) is 0 Å². The second kappa shape index (κ2) is 4.21. The summed E-state index contributed by atoms with van der Waals surface area (Å²) in [5, 5.41) is 8.55. The van der Waals surface area contributed by atoms with Gasteiger partial charge in [-0.3, -0.25) is 0 Å². The number of halogens is 4. The zero-order valence-corrected chi connectivity index (χ0v) is 8.98. The third kappa shape index (κ3) is 2.49. The molecule has 0 fully saturated rings. The highest BCUT2D eigenvalue weighted by molar-refractivity contribution is 9.10. The van der Waals surface area contributed by atoms with Crippen LogP contribution in [0.1, 0.15) is 16.7 Å². The van der Waals surface area contributed by atoms with E-state index in [1.165, 1.54) is 6.07 Å². The molecule has 2 N–H and O–H groups in total. The Morgan fingerprint density at radius 1 is 1.40 bits per heavy atom. The lowest BCUT2D eigenvalue weighted by Crippen LogP contribution is -2.13. The topological polar surface area (TPSA) is 49.8 Å². The van der Waals surface area contributed by atoms with Gasteiger partial charge in [0.15, 0.2) is 0 Å². The number of nitrogens with two attached hydrogens (primary N) is 1. The summed E-state index contributed by atoms with van der Waals surface area (Å²) in [6.45, 7) is -0.235. The van der Waals surface area contributed by atoms with Gasteiger partial charge in [0.25, 0.3) is 0 Å². The highest BCUT2D eigenvalue weighted by Gasteiger charge is 2.34. The van der Waals surface area contributed by atoms with Gasteiger partial charge in [0.2, 0.25) is 0 Å². The van der Waals surface area contributed by atoms with Crippen LogP contribution in [-0.4, -0.2) is 0 Å². The van der Waals surface area contributed by atoms with Gasteiger partial charge in [-0.15, -0.1) is 0 Å². The average molecular weight is 279 g/mol. The molecule has 15 heavy (non-hydrogen) atoms. The van der Waals surface area contributed by atoms with Crippen molar-refractivity contribution in [3.05, 3.63) is 33.3 Å². The van der Waals surface area contributed by atoms with Crippen molar-refractivity contribution < 1.29 is 13.2 Å². The quantitative estimate of drug-likeness (QED) is 0.859. The third-order valence-corrected chi connectivity index (χ3v) is 2.54. The maximum atomic E-state index is 12.5. The molecule has 1 aromatic carbocycles. The Morgan fingerprint density at radius 3 is 2.40 bits per heavy atom. The molecule has 6 heteroatoms. The van der Waals surface area contributed by atoms with E-state index in [1.807, 2.05) is 0 Å². The van der Waals surface area contributed by atoms with Crippen LogP contribution in [0.5, 0.6) is 0 Å². The van der Waals surface area contributed by atoms with E-state index in [0.29, 0.717) is 0 Å². The number of alkyl halides is 3. The molecule has 0 radical (unpaired) electrons. The van der Waals surface area contributed by atoms with Crippen LogP contribution in [0.4, 0.5) is 13.2 Å². The molecule has 80 valence electrons. The Kier molecular flexibility index (Phi) is 3.37. The molecule has 1 aromatic rings. The average Bonchev–Trinajstić information content (AvgIpc) is 2.15. The second-order valence-corrected chi connectivity index (χ2v) is 3.65. The number of rotatable bonds is 1. The standard InChI is InChI=1S/C9H6BrF3N2/c10-8-2-5(3-14)1-7(6(8)4-15)9(11,12)13/h1-2H,4,15H2. The number of hydrogen-bond donors (Lipinski definition) is 1. The SMILES string of the molecule is N#Cc1cc(Br)c(CN)c(C(F)(F)F)c1. The van der Waals surface area contributed by atoms with Crippen molar-refractivity contribution in [3.63, 3.8) is 0 Å². The van der Waals surface area contributed by atoms with Gasteiger partial charge in [-0.2, -0.15) is 18.4 Å². The highest BCUT2D eigenvalue weighted by atomic mass is 79.9. The lowest BCUT2D eigenvalue weighted by Gasteiger charge is -2.13. The molecular formula is C9H6BrF3N2. The molecule has 0 atom stereocenters. The fraction of sp³-hybridized carbons (Fsp3) is 0.222. The van der Waals surface area contributed by atoms with Crippen molar-refractivity contribution in [1.82, 2.24) is 0 Å². The van der Waals surface area contributed by atoms with Crippen molar-refractivity contribution in [1.29, 1.82) is 5.26 Å². The Labute approximate surface area is 92.6 Å². The minimum Gasteiger partial charge on any atom is -0.326 e. The summed E-state index contributed by atoms with van der Waals surface area (Å²) < 4.78 is 37.8. The van der Waals surface area contributed by atoms with Crippen molar-refractivity contribution in [2.75, 3.05) is 0 Å². The van der Waals surface area contributed by atoms with Crippen LogP contribution in [0.2, 0.25) is 0 Å². The maximum absolute atomic E-state index is 12.5. The van der Waals surface area contributed by atoms with E-state index in [4.69, 9.17) is 11.0 Å².